The lowest BCUT2D eigenvalue weighted by Crippen LogP contribution is -2.14. The lowest BCUT2D eigenvalue weighted by molar-refractivity contribution is 0.601. The van der Waals surface area contributed by atoms with Gasteiger partial charge in [0, 0.05) is 10.2 Å². The Morgan fingerprint density at radius 2 is 1.48 bits per heavy atom. The highest BCUT2D eigenvalue weighted by molar-refractivity contribution is 9.10. The van der Waals surface area contributed by atoms with Gasteiger partial charge in [0.05, 0.1) is 10.0 Å². The van der Waals surface area contributed by atoms with Crippen molar-refractivity contribution < 1.29 is 8.42 Å². The maximum absolute atomic E-state index is 12.5. The fourth-order valence-electron chi connectivity index (χ4n) is 1.95. The van der Waals surface area contributed by atoms with Crippen LogP contribution in [0.4, 0.5) is 5.69 Å². The van der Waals surface area contributed by atoms with Crippen molar-refractivity contribution in [2.45, 2.75) is 18.7 Å². The zero-order chi connectivity index (χ0) is 15.8. The SMILES string of the molecule is Cc1cc(C)cc(NS(=O)(=O)c2cc(Cl)c(Cl)cc2Br)c1. The third kappa shape index (κ3) is 3.92. The van der Waals surface area contributed by atoms with Crippen LogP contribution in [0.3, 0.4) is 0 Å². The zero-order valence-corrected chi connectivity index (χ0v) is 15.2. The van der Waals surface area contributed by atoms with Crippen LogP contribution in [0.5, 0.6) is 0 Å². The van der Waals surface area contributed by atoms with Gasteiger partial charge in [-0.25, -0.2) is 8.42 Å². The van der Waals surface area contributed by atoms with E-state index >= 15 is 0 Å². The van der Waals surface area contributed by atoms with Crippen molar-refractivity contribution >= 4 is 54.8 Å². The average molecular weight is 409 g/mol. The zero-order valence-electron chi connectivity index (χ0n) is 11.2. The first-order valence-electron chi connectivity index (χ1n) is 5.95. The molecule has 2 rings (SSSR count). The number of nitrogens with one attached hydrogen (secondary N) is 1. The first-order valence-corrected chi connectivity index (χ1v) is 8.98. The van der Waals surface area contributed by atoms with Crippen molar-refractivity contribution in [3.63, 3.8) is 0 Å². The second kappa shape index (κ2) is 6.16. The number of aryl methyl sites for hydroxylation is 2. The van der Waals surface area contributed by atoms with Gasteiger partial charge in [-0.1, -0.05) is 29.3 Å². The van der Waals surface area contributed by atoms with Crippen LogP contribution in [0.1, 0.15) is 11.1 Å². The topological polar surface area (TPSA) is 46.2 Å². The van der Waals surface area contributed by atoms with Gasteiger partial charge in [-0.05, 0) is 65.2 Å². The molecule has 0 aliphatic rings. The standard InChI is InChI=1S/C14H12BrCl2NO2S/c1-8-3-9(2)5-10(4-8)18-21(19,20)14-7-13(17)12(16)6-11(14)15/h3-7,18H,1-2H3. The molecular weight excluding hydrogens is 397 g/mol. The lowest BCUT2D eigenvalue weighted by atomic mass is 10.1. The van der Waals surface area contributed by atoms with E-state index < -0.39 is 10.0 Å². The van der Waals surface area contributed by atoms with Crippen LogP contribution in [0.25, 0.3) is 0 Å². The Morgan fingerprint density at radius 1 is 0.952 bits per heavy atom. The number of hydrogen-bond acceptors (Lipinski definition) is 2. The maximum Gasteiger partial charge on any atom is 0.263 e. The molecule has 0 spiro atoms. The van der Waals surface area contributed by atoms with Gasteiger partial charge < -0.3 is 0 Å². The normalized spacial score (nSPS) is 11.5. The number of sulfonamides is 1. The number of anilines is 1. The molecule has 2 aromatic carbocycles. The number of halogens is 3. The van der Waals surface area contributed by atoms with E-state index in [4.69, 9.17) is 23.2 Å². The highest BCUT2D eigenvalue weighted by atomic mass is 79.9. The minimum Gasteiger partial charge on any atom is -0.280 e. The highest BCUT2D eigenvalue weighted by Crippen LogP contribution is 2.32. The summed E-state index contributed by atoms with van der Waals surface area (Å²) in [7, 11) is -3.76. The summed E-state index contributed by atoms with van der Waals surface area (Å²) in [4.78, 5) is 0.0380. The van der Waals surface area contributed by atoms with Crippen molar-refractivity contribution in [3.05, 3.63) is 56.0 Å². The molecule has 112 valence electrons. The van der Waals surface area contributed by atoms with Crippen molar-refractivity contribution in [1.82, 2.24) is 0 Å². The van der Waals surface area contributed by atoms with E-state index in [9.17, 15) is 8.42 Å². The van der Waals surface area contributed by atoms with Gasteiger partial charge in [0.15, 0.2) is 0 Å². The van der Waals surface area contributed by atoms with Gasteiger partial charge in [0.25, 0.3) is 10.0 Å². The van der Waals surface area contributed by atoms with Crippen molar-refractivity contribution in [2.24, 2.45) is 0 Å². The molecule has 0 aliphatic heterocycles. The molecule has 7 heteroatoms. The highest BCUT2D eigenvalue weighted by Gasteiger charge is 2.20. The van der Waals surface area contributed by atoms with Crippen LogP contribution >= 0.6 is 39.1 Å². The number of hydrogen-bond donors (Lipinski definition) is 1. The van der Waals surface area contributed by atoms with Gasteiger partial charge >= 0.3 is 0 Å². The van der Waals surface area contributed by atoms with E-state index in [1.807, 2.05) is 19.9 Å². The Balaban J connectivity index is 2.45. The van der Waals surface area contributed by atoms with Crippen LogP contribution in [-0.4, -0.2) is 8.42 Å². The average Bonchev–Trinajstić information content (AvgIpc) is 2.31. The van der Waals surface area contributed by atoms with Gasteiger partial charge in [-0.15, -0.1) is 0 Å². The molecule has 3 nitrogen and oxygen atoms in total. The van der Waals surface area contributed by atoms with Crippen molar-refractivity contribution in [2.75, 3.05) is 4.72 Å². The van der Waals surface area contributed by atoms with Crippen LogP contribution in [-0.2, 0) is 10.0 Å². The predicted octanol–water partition coefficient (Wildman–Crippen LogP) is 5.17. The minimum atomic E-state index is -3.76. The molecule has 0 atom stereocenters. The van der Waals surface area contributed by atoms with Crippen LogP contribution in [0.15, 0.2) is 39.7 Å². The van der Waals surface area contributed by atoms with Gasteiger partial charge in [0.1, 0.15) is 4.90 Å². The molecule has 1 N–H and O–H groups in total. The largest absolute Gasteiger partial charge is 0.280 e. The van der Waals surface area contributed by atoms with Gasteiger partial charge in [0.2, 0.25) is 0 Å². The predicted molar refractivity (Wildman–Crippen MR) is 90.9 cm³/mol. The molecule has 0 radical (unpaired) electrons. The molecule has 0 aliphatic carbocycles. The Bertz CT molecular complexity index is 787. The smallest absolute Gasteiger partial charge is 0.263 e. The number of rotatable bonds is 3. The molecule has 0 bridgehead atoms. The maximum atomic E-state index is 12.5. The summed E-state index contributed by atoms with van der Waals surface area (Å²) in [6, 6.07) is 8.26. The Kier molecular flexibility index (Phi) is 4.88. The van der Waals surface area contributed by atoms with E-state index in [1.54, 1.807) is 12.1 Å². The molecule has 0 fully saturated rings. The van der Waals surface area contributed by atoms with E-state index in [1.165, 1.54) is 12.1 Å². The third-order valence-corrected chi connectivity index (χ3v) is 5.80. The van der Waals surface area contributed by atoms with E-state index in [2.05, 4.69) is 20.7 Å². The van der Waals surface area contributed by atoms with E-state index in [-0.39, 0.29) is 14.9 Å². The molecule has 2 aromatic rings. The molecular formula is C14H12BrCl2NO2S. The summed E-state index contributed by atoms with van der Waals surface area (Å²) >= 11 is 15.0. The molecule has 0 saturated carbocycles. The van der Waals surface area contributed by atoms with E-state index in [0.29, 0.717) is 10.2 Å². The monoisotopic (exact) mass is 407 g/mol. The second-order valence-corrected chi connectivity index (χ2v) is 8.00. The Morgan fingerprint density at radius 3 is 2.05 bits per heavy atom. The molecule has 21 heavy (non-hydrogen) atoms. The first-order chi connectivity index (χ1) is 9.69. The summed E-state index contributed by atoms with van der Waals surface area (Å²) in [6.07, 6.45) is 0. The summed E-state index contributed by atoms with van der Waals surface area (Å²) in [5.74, 6) is 0. The van der Waals surface area contributed by atoms with Crippen LogP contribution in [0, 0.1) is 13.8 Å². The molecule has 0 amide bonds. The Labute approximate surface area is 142 Å². The quantitative estimate of drug-likeness (QED) is 0.711. The first kappa shape index (κ1) is 16.6. The molecule has 0 aromatic heterocycles. The van der Waals surface area contributed by atoms with Gasteiger partial charge in [-0.3, -0.25) is 4.72 Å². The summed E-state index contributed by atoms with van der Waals surface area (Å²) in [5.41, 5.74) is 2.45. The molecule has 0 unspecified atom stereocenters. The minimum absolute atomic E-state index is 0.0380. The molecule has 0 heterocycles. The molecule has 0 saturated heterocycles. The summed E-state index contributed by atoms with van der Waals surface area (Å²) < 4.78 is 27.8. The number of benzene rings is 2. The lowest BCUT2D eigenvalue weighted by Gasteiger charge is -2.12. The van der Waals surface area contributed by atoms with Crippen molar-refractivity contribution in [3.8, 4) is 0 Å². The summed E-state index contributed by atoms with van der Waals surface area (Å²) in [5, 5.41) is 0.467. The third-order valence-electron chi connectivity index (χ3n) is 2.74. The van der Waals surface area contributed by atoms with E-state index in [0.717, 1.165) is 11.1 Å². The Hall–Kier alpha value is -0.750. The fraction of sp³-hybridized carbons (Fsp3) is 0.143. The fourth-order valence-corrected chi connectivity index (χ4v) is 4.59. The summed E-state index contributed by atoms with van der Waals surface area (Å²) in [6.45, 7) is 3.81. The van der Waals surface area contributed by atoms with Gasteiger partial charge in [-0.2, -0.15) is 0 Å². The van der Waals surface area contributed by atoms with Crippen molar-refractivity contribution in [1.29, 1.82) is 0 Å². The van der Waals surface area contributed by atoms with Crippen LogP contribution < -0.4 is 4.72 Å². The second-order valence-electron chi connectivity index (χ2n) is 4.68. The van der Waals surface area contributed by atoms with Crippen LogP contribution in [0.2, 0.25) is 10.0 Å².